The Morgan fingerprint density at radius 3 is 2.42 bits per heavy atom. The smallest absolute Gasteiger partial charge is 0.264 e. The molecule has 126 valence electrons. The summed E-state index contributed by atoms with van der Waals surface area (Å²) in [5.74, 6) is 1.17. The maximum Gasteiger partial charge on any atom is 0.264 e. The standard InChI is InChI=1S/C17H19N3O4/c1-22-14-9-12(10-15(23-2)17(14)24-3)6-7-16(21)20-19-11-13-5-4-8-18-13/h4-11,18H,1-3H3,(H,20,21)/b7-6+,19-11+. The molecule has 1 aromatic heterocycles. The highest BCUT2D eigenvalue weighted by atomic mass is 16.5. The third kappa shape index (κ3) is 4.39. The van der Waals surface area contributed by atoms with E-state index in [4.69, 9.17) is 14.2 Å². The van der Waals surface area contributed by atoms with Crippen molar-refractivity contribution < 1.29 is 19.0 Å². The van der Waals surface area contributed by atoms with Gasteiger partial charge in [0.15, 0.2) is 11.5 Å². The topological polar surface area (TPSA) is 84.9 Å². The third-order valence-corrected chi connectivity index (χ3v) is 3.11. The number of amides is 1. The molecule has 0 aliphatic rings. The lowest BCUT2D eigenvalue weighted by molar-refractivity contribution is -0.116. The minimum absolute atomic E-state index is 0.355. The summed E-state index contributed by atoms with van der Waals surface area (Å²) in [6.07, 6.45) is 6.29. The maximum atomic E-state index is 11.8. The number of hydrogen-bond acceptors (Lipinski definition) is 5. The number of aromatic nitrogens is 1. The molecule has 0 spiro atoms. The summed E-state index contributed by atoms with van der Waals surface area (Å²) >= 11 is 0. The van der Waals surface area contributed by atoms with E-state index in [0.717, 1.165) is 11.3 Å². The number of methoxy groups -OCH3 is 3. The van der Waals surface area contributed by atoms with Gasteiger partial charge in [-0.1, -0.05) is 0 Å². The van der Waals surface area contributed by atoms with Crippen LogP contribution in [0.15, 0.2) is 41.6 Å². The van der Waals surface area contributed by atoms with Crippen molar-refractivity contribution in [3.63, 3.8) is 0 Å². The fourth-order valence-electron chi connectivity index (χ4n) is 2.00. The number of hydrazone groups is 1. The van der Waals surface area contributed by atoms with Crippen molar-refractivity contribution in [1.82, 2.24) is 10.4 Å². The van der Waals surface area contributed by atoms with Crippen LogP contribution in [0.3, 0.4) is 0 Å². The lowest BCUT2D eigenvalue weighted by Gasteiger charge is -2.12. The Morgan fingerprint density at radius 1 is 1.17 bits per heavy atom. The van der Waals surface area contributed by atoms with E-state index in [1.165, 1.54) is 33.6 Å². The van der Waals surface area contributed by atoms with Crippen molar-refractivity contribution in [3.05, 3.63) is 47.8 Å². The minimum Gasteiger partial charge on any atom is -0.493 e. The molecule has 1 heterocycles. The Balaban J connectivity index is 2.06. The van der Waals surface area contributed by atoms with Gasteiger partial charge in [0.2, 0.25) is 5.75 Å². The molecule has 7 nitrogen and oxygen atoms in total. The van der Waals surface area contributed by atoms with Crippen LogP contribution in [0.5, 0.6) is 17.2 Å². The Morgan fingerprint density at radius 2 is 1.88 bits per heavy atom. The van der Waals surface area contributed by atoms with E-state index in [1.54, 1.807) is 24.4 Å². The van der Waals surface area contributed by atoms with Gasteiger partial charge in [-0.3, -0.25) is 4.79 Å². The van der Waals surface area contributed by atoms with Gasteiger partial charge in [-0.05, 0) is 35.9 Å². The minimum atomic E-state index is -0.355. The van der Waals surface area contributed by atoms with E-state index in [1.807, 2.05) is 12.1 Å². The molecule has 1 aromatic carbocycles. The van der Waals surface area contributed by atoms with E-state index in [0.29, 0.717) is 17.2 Å². The summed E-state index contributed by atoms with van der Waals surface area (Å²) in [5.41, 5.74) is 3.93. The van der Waals surface area contributed by atoms with Gasteiger partial charge in [-0.2, -0.15) is 5.10 Å². The Labute approximate surface area is 139 Å². The molecular formula is C17H19N3O4. The molecule has 0 fully saturated rings. The first-order valence-corrected chi connectivity index (χ1v) is 7.12. The number of ether oxygens (including phenoxy) is 3. The SMILES string of the molecule is COc1cc(/C=C/C(=O)N/N=C/c2ccc[nH]2)cc(OC)c1OC. The van der Waals surface area contributed by atoms with E-state index in [9.17, 15) is 4.79 Å². The van der Waals surface area contributed by atoms with Crippen LogP contribution in [0, 0.1) is 0 Å². The van der Waals surface area contributed by atoms with Crippen molar-refractivity contribution in [2.24, 2.45) is 5.10 Å². The second-order valence-corrected chi connectivity index (χ2v) is 4.65. The first-order chi connectivity index (χ1) is 11.7. The highest BCUT2D eigenvalue weighted by molar-refractivity contribution is 5.92. The fourth-order valence-corrected chi connectivity index (χ4v) is 2.00. The lowest BCUT2D eigenvalue weighted by atomic mass is 10.1. The van der Waals surface area contributed by atoms with Crippen LogP contribution in [0.25, 0.3) is 6.08 Å². The van der Waals surface area contributed by atoms with E-state index in [2.05, 4.69) is 15.5 Å². The van der Waals surface area contributed by atoms with Gasteiger partial charge in [0.05, 0.1) is 33.2 Å². The molecule has 0 aliphatic heterocycles. The summed E-state index contributed by atoms with van der Waals surface area (Å²) < 4.78 is 15.8. The molecule has 0 bridgehead atoms. The molecule has 1 amide bonds. The summed E-state index contributed by atoms with van der Waals surface area (Å²) in [5, 5.41) is 3.84. The molecule has 2 N–H and O–H groups in total. The van der Waals surface area contributed by atoms with Crippen molar-refractivity contribution in [3.8, 4) is 17.2 Å². The van der Waals surface area contributed by atoms with Crippen LogP contribution in [-0.4, -0.2) is 38.4 Å². The van der Waals surface area contributed by atoms with Crippen LogP contribution in [0.4, 0.5) is 0 Å². The van der Waals surface area contributed by atoms with Crippen LogP contribution in [-0.2, 0) is 4.79 Å². The molecule has 0 saturated heterocycles. The van der Waals surface area contributed by atoms with Gasteiger partial charge < -0.3 is 19.2 Å². The van der Waals surface area contributed by atoms with Crippen LogP contribution in [0.1, 0.15) is 11.3 Å². The number of benzene rings is 1. The third-order valence-electron chi connectivity index (χ3n) is 3.11. The average molecular weight is 329 g/mol. The van der Waals surface area contributed by atoms with Crippen molar-refractivity contribution in [2.45, 2.75) is 0 Å². The zero-order valence-electron chi connectivity index (χ0n) is 13.7. The van der Waals surface area contributed by atoms with Gasteiger partial charge >= 0.3 is 0 Å². The normalized spacial score (nSPS) is 11.0. The zero-order valence-corrected chi connectivity index (χ0v) is 13.7. The Bertz CT molecular complexity index is 711. The number of carbonyl (C=O) groups excluding carboxylic acids is 1. The molecule has 24 heavy (non-hydrogen) atoms. The van der Waals surface area contributed by atoms with E-state index < -0.39 is 0 Å². The molecule has 2 rings (SSSR count). The second kappa shape index (κ2) is 8.42. The van der Waals surface area contributed by atoms with Gasteiger partial charge in [0.1, 0.15) is 0 Å². The number of H-pyrrole nitrogens is 1. The van der Waals surface area contributed by atoms with Crippen molar-refractivity contribution >= 4 is 18.2 Å². The summed E-state index contributed by atoms with van der Waals surface area (Å²) in [6.45, 7) is 0. The number of nitrogens with one attached hydrogen (secondary N) is 2. The number of carbonyl (C=O) groups is 1. The molecule has 0 unspecified atom stereocenters. The van der Waals surface area contributed by atoms with Crippen LogP contribution < -0.4 is 19.6 Å². The van der Waals surface area contributed by atoms with E-state index in [-0.39, 0.29) is 5.91 Å². The van der Waals surface area contributed by atoms with Crippen LogP contribution >= 0.6 is 0 Å². The first kappa shape index (κ1) is 17.1. The van der Waals surface area contributed by atoms with E-state index >= 15 is 0 Å². The number of nitrogens with zero attached hydrogens (tertiary/aromatic N) is 1. The Hall–Kier alpha value is -3.22. The summed E-state index contributed by atoms with van der Waals surface area (Å²) in [7, 11) is 4.60. The monoisotopic (exact) mass is 329 g/mol. The molecule has 0 aliphatic carbocycles. The largest absolute Gasteiger partial charge is 0.493 e. The lowest BCUT2D eigenvalue weighted by Crippen LogP contribution is -2.14. The molecule has 0 saturated carbocycles. The maximum absolute atomic E-state index is 11.8. The van der Waals surface area contributed by atoms with Gasteiger partial charge in [-0.25, -0.2) is 5.43 Å². The van der Waals surface area contributed by atoms with Gasteiger partial charge in [-0.15, -0.1) is 0 Å². The fraction of sp³-hybridized carbons (Fsp3) is 0.176. The quantitative estimate of drug-likeness (QED) is 0.463. The summed E-state index contributed by atoms with van der Waals surface area (Å²) in [4.78, 5) is 14.7. The van der Waals surface area contributed by atoms with Crippen molar-refractivity contribution in [2.75, 3.05) is 21.3 Å². The average Bonchev–Trinajstić information content (AvgIpc) is 3.12. The predicted octanol–water partition coefficient (Wildman–Crippen LogP) is 2.20. The molecule has 0 radical (unpaired) electrons. The molecule has 2 aromatic rings. The summed E-state index contributed by atoms with van der Waals surface area (Å²) in [6, 6.07) is 7.16. The highest BCUT2D eigenvalue weighted by Crippen LogP contribution is 2.38. The van der Waals surface area contributed by atoms with Gasteiger partial charge in [0, 0.05) is 12.3 Å². The van der Waals surface area contributed by atoms with Crippen molar-refractivity contribution in [1.29, 1.82) is 0 Å². The van der Waals surface area contributed by atoms with Gasteiger partial charge in [0.25, 0.3) is 5.91 Å². The molecule has 0 atom stereocenters. The first-order valence-electron chi connectivity index (χ1n) is 7.12. The Kier molecular flexibility index (Phi) is 6.01. The molecular weight excluding hydrogens is 310 g/mol. The van der Waals surface area contributed by atoms with Crippen LogP contribution in [0.2, 0.25) is 0 Å². The highest BCUT2D eigenvalue weighted by Gasteiger charge is 2.12. The predicted molar refractivity (Wildman–Crippen MR) is 91.7 cm³/mol. The number of aromatic amines is 1. The zero-order chi connectivity index (χ0) is 17.4. The number of rotatable bonds is 7. The molecule has 7 heteroatoms. The second-order valence-electron chi connectivity index (χ2n) is 4.65. The number of hydrogen-bond donors (Lipinski definition) is 2.